The molecule has 1 aliphatic heterocycles. The van der Waals surface area contributed by atoms with Crippen molar-refractivity contribution >= 4 is 21.6 Å². The van der Waals surface area contributed by atoms with Crippen LogP contribution < -0.4 is 10.6 Å². The molecular weight excluding hydrogens is 319 g/mol. The monoisotopic (exact) mass is 334 g/mol. The van der Waals surface area contributed by atoms with E-state index in [0.717, 1.165) is 29.5 Å². The Morgan fingerprint density at radius 3 is 2.85 bits per heavy atom. The highest BCUT2D eigenvalue weighted by Crippen LogP contribution is 2.29. The van der Waals surface area contributed by atoms with E-state index in [-0.39, 0.29) is 11.9 Å². The average molecular weight is 335 g/mol. The van der Waals surface area contributed by atoms with E-state index < -0.39 is 0 Å². The van der Waals surface area contributed by atoms with Crippen LogP contribution in [0, 0.1) is 5.82 Å². The van der Waals surface area contributed by atoms with Crippen molar-refractivity contribution in [3.05, 3.63) is 63.9 Å². The van der Waals surface area contributed by atoms with Gasteiger partial charge in [0, 0.05) is 29.3 Å². The van der Waals surface area contributed by atoms with Crippen LogP contribution in [-0.4, -0.2) is 12.6 Å². The Hall–Kier alpha value is -1.39. The Labute approximate surface area is 126 Å². The number of nitrogens with zero attached hydrogens (tertiary/aromatic N) is 1. The van der Waals surface area contributed by atoms with E-state index in [9.17, 15) is 4.39 Å². The predicted octanol–water partition coefficient (Wildman–Crippen LogP) is 3.48. The third-order valence-electron chi connectivity index (χ3n) is 3.65. The first-order valence-corrected chi connectivity index (χ1v) is 7.45. The molecular formula is C16H16BrFN2. The van der Waals surface area contributed by atoms with Crippen molar-refractivity contribution in [2.45, 2.75) is 19.0 Å². The van der Waals surface area contributed by atoms with Crippen LogP contribution in [0.25, 0.3) is 0 Å². The van der Waals surface area contributed by atoms with Gasteiger partial charge in [0.05, 0.1) is 0 Å². The van der Waals surface area contributed by atoms with Crippen molar-refractivity contribution < 1.29 is 4.39 Å². The van der Waals surface area contributed by atoms with E-state index in [2.05, 4.69) is 33.0 Å². The van der Waals surface area contributed by atoms with Gasteiger partial charge in [-0.3, -0.25) is 0 Å². The zero-order valence-electron chi connectivity index (χ0n) is 11.0. The lowest BCUT2D eigenvalue weighted by Gasteiger charge is -2.35. The number of hydrogen-bond donors (Lipinski definition) is 1. The fourth-order valence-electron chi connectivity index (χ4n) is 2.73. The summed E-state index contributed by atoms with van der Waals surface area (Å²) in [4.78, 5) is 2.27. The van der Waals surface area contributed by atoms with E-state index >= 15 is 0 Å². The quantitative estimate of drug-likeness (QED) is 0.910. The van der Waals surface area contributed by atoms with Crippen molar-refractivity contribution in [2.24, 2.45) is 5.73 Å². The fraction of sp³-hybridized carbons (Fsp3) is 0.250. The highest BCUT2D eigenvalue weighted by Gasteiger charge is 2.22. The Morgan fingerprint density at radius 1 is 1.25 bits per heavy atom. The van der Waals surface area contributed by atoms with Gasteiger partial charge in [-0.15, -0.1) is 0 Å². The molecule has 1 heterocycles. The van der Waals surface area contributed by atoms with Crippen molar-refractivity contribution in [3.63, 3.8) is 0 Å². The molecule has 2 nitrogen and oxygen atoms in total. The number of anilines is 1. The summed E-state index contributed by atoms with van der Waals surface area (Å²) >= 11 is 3.43. The van der Waals surface area contributed by atoms with Gasteiger partial charge in [0.25, 0.3) is 0 Å². The molecule has 104 valence electrons. The first kappa shape index (κ1) is 13.6. The number of nitrogens with two attached hydrogens (primary N) is 1. The first-order chi connectivity index (χ1) is 9.63. The number of benzene rings is 2. The SMILES string of the molecule is NC1Cc2ccccc2N(Cc2ccc(F)cc2Br)C1. The van der Waals surface area contributed by atoms with Crippen molar-refractivity contribution in [3.8, 4) is 0 Å². The molecule has 4 heteroatoms. The molecule has 0 amide bonds. The van der Waals surface area contributed by atoms with Crippen LogP contribution in [0.5, 0.6) is 0 Å². The molecule has 0 fully saturated rings. The highest BCUT2D eigenvalue weighted by molar-refractivity contribution is 9.10. The summed E-state index contributed by atoms with van der Waals surface area (Å²) in [6, 6.07) is 13.3. The molecule has 0 bridgehead atoms. The van der Waals surface area contributed by atoms with Crippen LogP contribution in [0.2, 0.25) is 0 Å². The molecule has 0 saturated heterocycles. The summed E-state index contributed by atoms with van der Waals surface area (Å²) in [5.74, 6) is -0.226. The zero-order valence-corrected chi connectivity index (χ0v) is 12.6. The van der Waals surface area contributed by atoms with Gasteiger partial charge in [-0.2, -0.15) is 0 Å². The molecule has 0 aromatic heterocycles. The second kappa shape index (κ2) is 5.54. The number of rotatable bonds is 2. The van der Waals surface area contributed by atoms with Gasteiger partial charge in [0.1, 0.15) is 5.82 Å². The Balaban J connectivity index is 1.91. The summed E-state index contributed by atoms with van der Waals surface area (Å²) in [6.45, 7) is 1.55. The number of para-hydroxylation sites is 1. The van der Waals surface area contributed by atoms with E-state index in [1.54, 1.807) is 0 Å². The highest BCUT2D eigenvalue weighted by atomic mass is 79.9. The smallest absolute Gasteiger partial charge is 0.124 e. The number of halogens is 2. The summed E-state index contributed by atoms with van der Waals surface area (Å²) in [5, 5.41) is 0. The summed E-state index contributed by atoms with van der Waals surface area (Å²) < 4.78 is 14.0. The molecule has 2 N–H and O–H groups in total. The number of fused-ring (bicyclic) bond motifs is 1. The number of hydrogen-bond acceptors (Lipinski definition) is 2. The standard InChI is InChI=1S/C16H16BrFN2/c17-15-8-13(18)6-5-12(15)9-20-10-14(19)7-11-3-1-2-4-16(11)20/h1-6,8,14H,7,9-10,19H2. The van der Waals surface area contributed by atoms with Crippen LogP contribution in [0.1, 0.15) is 11.1 Å². The largest absolute Gasteiger partial charge is 0.365 e. The Bertz CT molecular complexity index is 630. The lowest BCUT2D eigenvalue weighted by Crippen LogP contribution is -2.42. The predicted molar refractivity (Wildman–Crippen MR) is 83.3 cm³/mol. The zero-order chi connectivity index (χ0) is 14.1. The van der Waals surface area contributed by atoms with Crippen molar-refractivity contribution in [1.29, 1.82) is 0 Å². The third-order valence-corrected chi connectivity index (χ3v) is 4.38. The molecule has 1 atom stereocenters. The van der Waals surface area contributed by atoms with Crippen LogP contribution in [-0.2, 0) is 13.0 Å². The van der Waals surface area contributed by atoms with E-state index in [1.807, 2.05) is 18.2 Å². The lowest BCUT2D eigenvalue weighted by molar-refractivity contribution is 0.596. The van der Waals surface area contributed by atoms with Crippen LogP contribution >= 0.6 is 15.9 Å². The third kappa shape index (κ3) is 2.72. The molecule has 20 heavy (non-hydrogen) atoms. The fourth-order valence-corrected chi connectivity index (χ4v) is 3.20. The molecule has 0 aliphatic carbocycles. The van der Waals surface area contributed by atoms with E-state index in [0.29, 0.717) is 0 Å². The van der Waals surface area contributed by atoms with Crippen molar-refractivity contribution in [1.82, 2.24) is 0 Å². The second-order valence-corrected chi connectivity index (χ2v) is 6.06. The first-order valence-electron chi connectivity index (χ1n) is 6.66. The molecule has 3 rings (SSSR count). The van der Waals surface area contributed by atoms with Gasteiger partial charge in [0.15, 0.2) is 0 Å². The van der Waals surface area contributed by atoms with Gasteiger partial charge in [-0.05, 0) is 35.7 Å². The van der Waals surface area contributed by atoms with Crippen molar-refractivity contribution in [2.75, 3.05) is 11.4 Å². The minimum absolute atomic E-state index is 0.143. The molecule has 0 saturated carbocycles. The van der Waals surface area contributed by atoms with E-state index in [4.69, 9.17) is 5.73 Å². The molecule has 2 aromatic rings. The lowest BCUT2D eigenvalue weighted by atomic mass is 9.98. The second-order valence-electron chi connectivity index (χ2n) is 5.21. The minimum Gasteiger partial charge on any atom is -0.365 e. The topological polar surface area (TPSA) is 29.3 Å². The molecule has 0 radical (unpaired) electrons. The summed E-state index contributed by atoms with van der Waals surface area (Å²) in [6.07, 6.45) is 0.914. The Morgan fingerprint density at radius 2 is 2.05 bits per heavy atom. The normalized spacial score (nSPS) is 17.9. The molecule has 1 unspecified atom stereocenters. The maximum atomic E-state index is 13.2. The molecule has 0 spiro atoms. The van der Waals surface area contributed by atoms with Crippen LogP contribution in [0.3, 0.4) is 0 Å². The van der Waals surface area contributed by atoms with Gasteiger partial charge in [-0.25, -0.2) is 4.39 Å². The average Bonchev–Trinajstić information content (AvgIpc) is 2.41. The summed E-state index contributed by atoms with van der Waals surface area (Å²) in [5.41, 5.74) is 9.72. The van der Waals surface area contributed by atoms with Crippen LogP contribution in [0.4, 0.5) is 10.1 Å². The van der Waals surface area contributed by atoms with E-state index in [1.165, 1.54) is 23.4 Å². The van der Waals surface area contributed by atoms with Crippen LogP contribution in [0.15, 0.2) is 46.9 Å². The maximum absolute atomic E-state index is 13.2. The Kier molecular flexibility index (Phi) is 3.76. The van der Waals surface area contributed by atoms with Gasteiger partial charge >= 0.3 is 0 Å². The minimum atomic E-state index is -0.226. The van der Waals surface area contributed by atoms with Gasteiger partial charge < -0.3 is 10.6 Å². The summed E-state index contributed by atoms with van der Waals surface area (Å²) in [7, 11) is 0. The maximum Gasteiger partial charge on any atom is 0.124 e. The molecule has 1 aliphatic rings. The van der Waals surface area contributed by atoms with Gasteiger partial charge in [-0.1, -0.05) is 40.2 Å². The molecule has 2 aromatic carbocycles. The van der Waals surface area contributed by atoms with Gasteiger partial charge in [0.2, 0.25) is 0 Å².